The van der Waals surface area contributed by atoms with Crippen LogP contribution in [0.15, 0.2) is 18.2 Å². The van der Waals surface area contributed by atoms with Crippen LogP contribution >= 0.6 is 0 Å². The zero-order valence-corrected chi connectivity index (χ0v) is 8.60. The SMILES string of the molecule is Cc1ccc(OCC(C)(F)F)c(C)c1. The molecule has 78 valence electrons. The van der Waals surface area contributed by atoms with Crippen LogP contribution in [-0.2, 0) is 0 Å². The molecule has 0 radical (unpaired) electrons. The van der Waals surface area contributed by atoms with Crippen molar-refractivity contribution in [2.24, 2.45) is 0 Å². The van der Waals surface area contributed by atoms with Crippen molar-refractivity contribution in [3.05, 3.63) is 29.3 Å². The van der Waals surface area contributed by atoms with Gasteiger partial charge in [-0.15, -0.1) is 0 Å². The third kappa shape index (κ3) is 3.32. The van der Waals surface area contributed by atoms with E-state index in [1.165, 1.54) is 0 Å². The first-order chi connectivity index (χ1) is 6.38. The van der Waals surface area contributed by atoms with Gasteiger partial charge in [0.1, 0.15) is 5.75 Å². The van der Waals surface area contributed by atoms with E-state index < -0.39 is 12.5 Å². The lowest BCUT2D eigenvalue weighted by atomic mass is 10.1. The maximum Gasteiger partial charge on any atom is 0.278 e. The summed E-state index contributed by atoms with van der Waals surface area (Å²) in [4.78, 5) is 0. The second kappa shape index (κ2) is 3.95. The van der Waals surface area contributed by atoms with Crippen LogP contribution in [0.3, 0.4) is 0 Å². The standard InChI is InChI=1S/C11H14F2O/c1-8-4-5-10(9(2)6-8)14-7-11(3,12)13/h4-6H,7H2,1-3H3. The van der Waals surface area contributed by atoms with E-state index in [0.29, 0.717) is 5.75 Å². The fourth-order valence-electron chi connectivity index (χ4n) is 1.17. The van der Waals surface area contributed by atoms with Crippen molar-refractivity contribution in [1.82, 2.24) is 0 Å². The van der Waals surface area contributed by atoms with Gasteiger partial charge in [0, 0.05) is 6.92 Å². The first-order valence-electron chi connectivity index (χ1n) is 4.46. The van der Waals surface area contributed by atoms with Gasteiger partial charge in [0.2, 0.25) is 0 Å². The molecule has 0 unspecified atom stereocenters. The van der Waals surface area contributed by atoms with Gasteiger partial charge in [-0.05, 0) is 25.5 Å². The van der Waals surface area contributed by atoms with Gasteiger partial charge in [-0.3, -0.25) is 0 Å². The van der Waals surface area contributed by atoms with Crippen LogP contribution in [0.5, 0.6) is 5.75 Å². The molecule has 0 aliphatic carbocycles. The summed E-state index contributed by atoms with van der Waals surface area (Å²) in [6, 6.07) is 5.47. The summed E-state index contributed by atoms with van der Waals surface area (Å²) in [6.45, 7) is 4.06. The summed E-state index contributed by atoms with van der Waals surface area (Å²) in [6.07, 6.45) is 0. The molecular weight excluding hydrogens is 186 g/mol. The topological polar surface area (TPSA) is 9.23 Å². The molecule has 14 heavy (non-hydrogen) atoms. The van der Waals surface area contributed by atoms with E-state index in [2.05, 4.69) is 0 Å². The summed E-state index contributed by atoms with van der Waals surface area (Å²) < 4.78 is 30.0. The molecule has 0 fully saturated rings. The zero-order valence-electron chi connectivity index (χ0n) is 8.60. The molecule has 0 aliphatic rings. The monoisotopic (exact) mass is 200 g/mol. The molecule has 1 rings (SSSR count). The number of halogens is 2. The summed E-state index contributed by atoms with van der Waals surface area (Å²) in [5.41, 5.74) is 1.98. The molecule has 0 aliphatic heterocycles. The van der Waals surface area contributed by atoms with E-state index in [1.807, 2.05) is 26.0 Å². The molecule has 1 aromatic carbocycles. The Morgan fingerprint density at radius 1 is 1.29 bits per heavy atom. The molecule has 0 amide bonds. The van der Waals surface area contributed by atoms with Crippen LogP contribution in [0.4, 0.5) is 8.78 Å². The first-order valence-corrected chi connectivity index (χ1v) is 4.46. The van der Waals surface area contributed by atoms with Crippen molar-refractivity contribution in [3.8, 4) is 5.75 Å². The molecule has 0 aromatic heterocycles. The highest BCUT2D eigenvalue weighted by atomic mass is 19.3. The Balaban J connectivity index is 2.68. The van der Waals surface area contributed by atoms with Gasteiger partial charge < -0.3 is 4.74 Å². The van der Waals surface area contributed by atoms with Crippen LogP contribution in [-0.4, -0.2) is 12.5 Å². The third-order valence-electron chi connectivity index (χ3n) is 1.81. The minimum absolute atomic E-state index is 0.525. The number of aryl methyl sites for hydroxylation is 2. The van der Waals surface area contributed by atoms with Crippen LogP contribution in [0.2, 0.25) is 0 Å². The predicted molar refractivity (Wildman–Crippen MR) is 52.0 cm³/mol. The van der Waals surface area contributed by atoms with Crippen molar-refractivity contribution in [3.63, 3.8) is 0 Å². The van der Waals surface area contributed by atoms with E-state index in [9.17, 15) is 8.78 Å². The van der Waals surface area contributed by atoms with Gasteiger partial charge in [0.25, 0.3) is 5.92 Å². The Hall–Kier alpha value is -1.12. The van der Waals surface area contributed by atoms with Crippen molar-refractivity contribution in [2.75, 3.05) is 6.61 Å². The number of benzene rings is 1. The second-order valence-corrected chi connectivity index (χ2v) is 3.63. The van der Waals surface area contributed by atoms with Gasteiger partial charge in [0.15, 0.2) is 6.61 Å². The van der Waals surface area contributed by atoms with Crippen LogP contribution in [0.1, 0.15) is 18.1 Å². The van der Waals surface area contributed by atoms with Crippen molar-refractivity contribution < 1.29 is 13.5 Å². The lowest BCUT2D eigenvalue weighted by Crippen LogP contribution is -2.21. The number of alkyl halides is 2. The number of ether oxygens (including phenoxy) is 1. The van der Waals surface area contributed by atoms with E-state index in [4.69, 9.17) is 4.74 Å². The van der Waals surface area contributed by atoms with Crippen LogP contribution in [0.25, 0.3) is 0 Å². The van der Waals surface area contributed by atoms with E-state index in [-0.39, 0.29) is 0 Å². The van der Waals surface area contributed by atoms with Crippen LogP contribution < -0.4 is 4.74 Å². The lowest BCUT2D eigenvalue weighted by molar-refractivity contribution is -0.0231. The van der Waals surface area contributed by atoms with Crippen molar-refractivity contribution in [1.29, 1.82) is 0 Å². The molecule has 0 spiro atoms. The summed E-state index contributed by atoms with van der Waals surface area (Å²) in [5.74, 6) is -2.26. The largest absolute Gasteiger partial charge is 0.487 e. The quantitative estimate of drug-likeness (QED) is 0.727. The maximum atomic E-state index is 12.5. The minimum atomic E-state index is -2.78. The van der Waals surface area contributed by atoms with Crippen molar-refractivity contribution >= 4 is 0 Å². The van der Waals surface area contributed by atoms with Gasteiger partial charge in [0.05, 0.1) is 0 Å². The molecule has 0 saturated heterocycles. The van der Waals surface area contributed by atoms with E-state index >= 15 is 0 Å². The summed E-state index contributed by atoms with van der Waals surface area (Å²) >= 11 is 0. The molecular formula is C11H14F2O. The fourth-order valence-corrected chi connectivity index (χ4v) is 1.17. The Morgan fingerprint density at radius 3 is 2.43 bits per heavy atom. The smallest absolute Gasteiger partial charge is 0.278 e. The van der Waals surface area contributed by atoms with E-state index in [0.717, 1.165) is 18.1 Å². The maximum absolute atomic E-state index is 12.5. The minimum Gasteiger partial charge on any atom is -0.487 e. The van der Waals surface area contributed by atoms with Crippen molar-refractivity contribution in [2.45, 2.75) is 26.7 Å². The number of rotatable bonds is 3. The highest BCUT2D eigenvalue weighted by Crippen LogP contribution is 2.21. The van der Waals surface area contributed by atoms with Gasteiger partial charge >= 0.3 is 0 Å². The molecule has 0 N–H and O–H groups in total. The highest BCUT2D eigenvalue weighted by Gasteiger charge is 2.22. The zero-order chi connectivity index (χ0) is 10.8. The predicted octanol–water partition coefficient (Wildman–Crippen LogP) is 3.34. The Kier molecular flexibility index (Phi) is 3.09. The Bertz CT molecular complexity index is 316. The molecule has 1 aromatic rings. The third-order valence-corrected chi connectivity index (χ3v) is 1.81. The molecule has 0 heterocycles. The number of hydrogen-bond donors (Lipinski definition) is 0. The Morgan fingerprint density at radius 2 is 1.93 bits per heavy atom. The van der Waals surface area contributed by atoms with E-state index in [1.54, 1.807) is 6.07 Å². The molecule has 0 bridgehead atoms. The second-order valence-electron chi connectivity index (χ2n) is 3.63. The molecule has 1 nitrogen and oxygen atoms in total. The Labute approximate surface area is 82.7 Å². The fraction of sp³-hybridized carbons (Fsp3) is 0.455. The lowest BCUT2D eigenvalue weighted by Gasteiger charge is -2.13. The molecule has 0 saturated carbocycles. The van der Waals surface area contributed by atoms with Gasteiger partial charge in [-0.1, -0.05) is 17.7 Å². The van der Waals surface area contributed by atoms with Gasteiger partial charge in [-0.2, -0.15) is 0 Å². The highest BCUT2D eigenvalue weighted by molar-refractivity contribution is 5.35. The van der Waals surface area contributed by atoms with Gasteiger partial charge in [-0.25, -0.2) is 8.78 Å². The van der Waals surface area contributed by atoms with Crippen LogP contribution in [0, 0.1) is 13.8 Å². The first kappa shape index (κ1) is 11.0. The molecule has 0 atom stereocenters. The normalized spacial score (nSPS) is 11.5. The average molecular weight is 200 g/mol. The molecule has 3 heteroatoms. The average Bonchev–Trinajstić information content (AvgIpc) is 2.00. The summed E-state index contributed by atoms with van der Waals surface area (Å²) in [7, 11) is 0. The number of hydrogen-bond acceptors (Lipinski definition) is 1. The summed E-state index contributed by atoms with van der Waals surface area (Å²) in [5, 5.41) is 0.